The van der Waals surface area contributed by atoms with Crippen molar-refractivity contribution in [3.05, 3.63) is 104 Å². The Hall–Kier alpha value is -3.98. The topological polar surface area (TPSA) is 208 Å². The molecule has 0 bridgehead atoms. The molecule has 318 valence electrons. The molecule has 1 unspecified atom stereocenters. The average molecular weight is 849 g/mol. The molecule has 2 heterocycles. The van der Waals surface area contributed by atoms with Crippen LogP contribution in [0, 0.1) is 6.92 Å². The first kappa shape index (κ1) is 46.7. The maximum absolute atomic E-state index is 13.9. The van der Waals surface area contributed by atoms with Gasteiger partial charge in [-0.15, -0.1) is 0 Å². The van der Waals surface area contributed by atoms with Crippen LogP contribution in [0.5, 0.6) is 11.5 Å². The Morgan fingerprint density at radius 1 is 0.741 bits per heavy atom. The lowest BCUT2D eigenvalue weighted by Gasteiger charge is -2.22. The van der Waals surface area contributed by atoms with Gasteiger partial charge in [-0.05, 0) is 61.2 Å². The summed E-state index contributed by atoms with van der Waals surface area (Å²) in [4.78, 5) is 61.4. The fourth-order valence-electron chi connectivity index (χ4n) is 5.64. The second-order valence-corrected chi connectivity index (χ2v) is 17.1. The number of hydrogen-bond donors (Lipinski definition) is 2. The standard InChI is InChI=1S/C40H54N2O14P2/c1-4-6-8-10-12-14-37(43)54-33-20-16-31(17-21-33)27-51-58(49,52-28-32-18-22-34(23-19-32)55-38(44)15-13-11-9-7-5-2)56-57(47,48)50-29-35-24-25-36(53-35)42-26-30(3)39(45)41-40(42)46/h16-26,35-36H,4-15,27-29H2,1-3H3,(H,47,48)(H,41,45,46)/t35-,36+/m0/s1. The lowest BCUT2D eigenvalue weighted by atomic mass is 10.1. The number of aryl methyl sites for hydroxylation is 1. The number of hydrogen-bond acceptors (Lipinski definition) is 13. The number of nitrogens with one attached hydrogen (secondary N) is 1. The van der Waals surface area contributed by atoms with Gasteiger partial charge >= 0.3 is 33.3 Å². The number of rotatable bonds is 26. The average Bonchev–Trinajstić information content (AvgIpc) is 3.67. The second-order valence-electron chi connectivity index (χ2n) is 13.8. The van der Waals surface area contributed by atoms with Crippen molar-refractivity contribution in [2.45, 2.75) is 123 Å². The molecular formula is C40H54N2O14P2. The van der Waals surface area contributed by atoms with E-state index in [1.165, 1.54) is 49.5 Å². The molecule has 0 spiro atoms. The normalized spacial score (nSPS) is 16.3. The van der Waals surface area contributed by atoms with E-state index in [4.69, 9.17) is 32.1 Å². The van der Waals surface area contributed by atoms with Gasteiger partial charge in [-0.1, -0.05) is 95.6 Å². The van der Waals surface area contributed by atoms with Gasteiger partial charge in [-0.3, -0.25) is 37.5 Å². The number of unbranched alkanes of at least 4 members (excludes halogenated alkanes) is 8. The van der Waals surface area contributed by atoms with Gasteiger partial charge in [0.05, 0.1) is 19.8 Å². The molecule has 0 fully saturated rings. The predicted octanol–water partition coefficient (Wildman–Crippen LogP) is 8.51. The highest BCUT2D eigenvalue weighted by molar-refractivity contribution is 7.61. The van der Waals surface area contributed by atoms with Gasteiger partial charge in [0.15, 0.2) is 6.23 Å². The van der Waals surface area contributed by atoms with E-state index < -0.39 is 59.0 Å². The summed E-state index contributed by atoms with van der Waals surface area (Å²) in [5.74, 6) is -0.107. The van der Waals surface area contributed by atoms with Crippen LogP contribution in [0.1, 0.15) is 114 Å². The SMILES string of the molecule is CCCCCCCC(=O)Oc1ccc(COP(=O)(OCc2ccc(OC(=O)CCCCCCC)cc2)OP(=O)(O)OC[C@@H]2C=C[C@H](n3cc(C)c(=O)[nH]c3=O)O2)cc1. The van der Waals surface area contributed by atoms with Crippen molar-refractivity contribution >= 4 is 27.6 Å². The van der Waals surface area contributed by atoms with Gasteiger partial charge < -0.3 is 19.1 Å². The van der Waals surface area contributed by atoms with Crippen molar-refractivity contribution in [1.82, 2.24) is 9.55 Å². The zero-order valence-corrected chi connectivity index (χ0v) is 35.0. The van der Waals surface area contributed by atoms with E-state index in [-0.39, 0.29) is 17.5 Å². The minimum atomic E-state index is -5.16. The molecule has 16 nitrogen and oxygen atoms in total. The molecule has 0 aliphatic carbocycles. The van der Waals surface area contributed by atoms with E-state index in [1.54, 1.807) is 24.3 Å². The number of aromatic amines is 1. The van der Waals surface area contributed by atoms with Crippen LogP contribution >= 0.6 is 15.6 Å². The quantitative estimate of drug-likeness (QED) is 0.0255. The van der Waals surface area contributed by atoms with E-state index >= 15 is 0 Å². The van der Waals surface area contributed by atoms with E-state index in [1.807, 2.05) is 0 Å². The van der Waals surface area contributed by atoms with Crippen molar-refractivity contribution in [1.29, 1.82) is 0 Å². The number of carbonyl (C=O) groups excluding carboxylic acids is 2. The molecule has 0 radical (unpaired) electrons. The fourth-order valence-corrected chi connectivity index (χ4v) is 8.25. The van der Waals surface area contributed by atoms with E-state index in [0.717, 1.165) is 68.8 Å². The van der Waals surface area contributed by atoms with E-state index in [0.29, 0.717) is 35.5 Å². The third-order valence-electron chi connectivity index (χ3n) is 8.89. The zero-order chi connectivity index (χ0) is 42.0. The lowest BCUT2D eigenvalue weighted by molar-refractivity contribution is -0.135. The number of H-pyrrole nitrogens is 1. The first-order valence-corrected chi connectivity index (χ1v) is 22.6. The smallest absolute Gasteiger partial charge is 0.427 e. The van der Waals surface area contributed by atoms with Crippen LogP contribution in [0.2, 0.25) is 0 Å². The van der Waals surface area contributed by atoms with Gasteiger partial charge in [0.25, 0.3) is 5.56 Å². The maximum atomic E-state index is 13.9. The fraction of sp³-hybridized carbons (Fsp3) is 0.500. The molecule has 3 aromatic rings. The van der Waals surface area contributed by atoms with Crippen molar-refractivity contribution < 1.29 is 55.7 Å². The monoisotopic (exact) mass is 848 g/mol. The minimum absolute atomic E-state index is 0.270. The van der Waals surface area contributed by atoms with Crippen LogP contribution in [0.4, 0.5) is 0 Å². The van der Waals surface area contributed by atoms with Crippen LogP contribution in [0.25, 0.3) is 0 Å². The van der Waals surface area contributed by atoms with Gasteiger partial charge in [0.2, 0.25) is 0 Å². The number of phosphoric ester groups is 2. The predicted molar refractivity (Wildman–Crippen MR) is 214 cm³/mol. The third-order valence-corrected chi connectivity index (χ3v) is 11.9. The van der Waals surface area contributed by atoms with Gasteiger partial charge in [0.1, 0.15) is 17.6 Å². The lowest BCUT2D eigenvalue weighted by Crippen LogP contribution is -2.33. The molecule has 18 heteroatoms. The summed E-state index contributed by atoms with van der Waals surface area (Å²) < 4.78 is 65.9. The molecule has 1 aromatic heterocycles. The Balaban J connectivity index is 1.36. The van der Waals surface area contributed by atoms with Crippen LogP contribution in [0.15, 0.2) is 76.5 Å². The summed E-state index contributed by atoms with van der Waals surface area (Å²) >= 11 is 0. The van der Waals surface area contributed by atoms with Crippen molar-refractivity contribution in [3.63, 3.8) is 0 Å². The summed E-state index contributed by atoms with van der Waals surface area (Å²) in [7, 11) is -10.0. The zero-order valence-electron chi connectivity index (χ0n) is 33.2. The summed E-state index contributed by atoms with van der Waals surface area (Å²) in [6, 6.07) is 12.4. The summed E-state index contributed by atoms with van der Waals surface area (Å²) in [6.45, 7) is 4.39. The highest BCUT2D eigenvalue weighted by Gasteiger charge is 2.39. The van der Waals surface area contributed by atoms with Gasteiger partial charge in [-0.25, -0.2) is 13.9 Å². The van der Waals surface area contributed by atoms with E-state index in [9.17, 15) is 33.2 Å². The molecule has 58 heavy (non-hydrogen) atoms. The summed E-state index contributed by atoms with van der Waals surface area (Å²) in [5.41, 5.74) is -0.101. The number of carbonyl (C=O) groups is 2. The molecule has 0 saturated carbocycles. The summed E-state index contributed by atoms with van der Waals surface area (Å²) in [6.07, 6.45) is 12.9. The first-order valence-electron chi connectivity index (χ1n) is 19.6. The number of esters is 2. The van der Waals surface area contributed by atoms with Crippen LogP contribution in [0.3, 0.4) is 0 Å². The minimum Gasteiger partial charge on any atom is -0.427 e. The van der Waals surface area contributed by atoms with Crippen molar-refractivity contribution in [2.75, 3.05) is 6.61 Å². The number of ether oxygens (including phenoxy) is 3. The van der Waals surface area contributed by atoms with Crippen LogP contribution < -0.4 is 20.7 Å². The Labute approximate surface area is 338 Å². The molecule has 2 N–H and O–H groups in total. The third kappa shape index (κ3) is 16.3. The van der Waals surface area contributed by atoms with Crippen molar-refractivity contribution in [2.24, 2.45) is 0 Å². The molecule has 3 atom stereocenters. The molecule has 1 aliphatic heterocycles. The largest absolute Gasteiger partial charge is 0.484 e. The Morgan fingerprint density at radius 3 is 1.74 bits per heavy atom. The molecule has 0 saturated heterocycles. The number of phosphoric acid groups is 2. The second kappa shape index (κ2) is 23.6. The number of benzene rings is 2. The Bertz CT molecular complexity index is 1930. The van der Waals surface area contributed by atoms with Crippen LogP contribution in [-0.4, -0.2) is 39.1 Å². The molecule has 4 rings (SSSR count). The molecular weight excluding hydrogens is 794 g/mol. The molecule has 2 aromatic carbocycles. The summed E-state index contributed by atoms with van der Waals surface area (Å²) in [5, 5.41) is 0. The molecule has 1 aliphatic rings. The van der Waals surface area contributed by atoms with Crippen LogP contribution in [-0.2, 0) is 54.6 Å². The van der Waals surface area contributed by atoms with E-state index in [2.05, 4.69) is 18.8 Å². The number of nitrogens with zero attached hydrogens (tertiary/aromatic N) is 1. The van der Waals surface area contributed by atoms with Crippen molar-refractivity contribution in [3.8, 4) is 11.5 Å². The Kier molecular flexibility index (Phi) is 19.0. The maximum Gasteiger partial charge on any atom is 0.484 e. The van der Waals surface area contributed by atoms with Gasteiger partial charge in [-0.2, -0.15) is 4.31 Å². The highest BCUT2D eigenvalue weighted by Crippen LogP contribution is 2.64. The van der Waals surface area contributed by atoms with Gasteiger partial charge in [0, 0.05) is 24.6 Å². The highest BCUT2D eigenvalue weighted by atomic mass is 31.3. The first-order chi connectivity index (χ1) is 27.8. The molecule has 0 amide bonds. The number of aromatic nitrogens is 2. The Morgan fingerprint density at radius 2 is 1.24 bits per heavy atom.